The molecular weight excluding hydrogens is 521 g/mol. The number of nitrogens with zero attached hydrogens (tertiary/aromatic N) is 4. The Labute approximate surface area is 210 Å². The van der Waals surface area contributed by atoms with E-state index in [1.165, 1.54) is 24.3 Å². The van der Waals surface area contributed by atoms with Crippen molar-refractivity contribution in [1.29, 1.82) is 0 Å². The molecule has 2 heterocycles. The lowest BCUT2D eigenvalue weighted by Crippen LogP contribution is -2.17. The summed E-state index contributed by atoms with van der Waals surface area (Å²) in [5, 5.41) is 5.78. The van der Waals surface area contributed by atoms with E-state index in [9.17, 15) is 26.4 Å². The minimum absolute atomic E-state index is 0.0529. The molecule has 4 rings (SSSR count). The molecule has 0 bridgehead atoms. The van der Waals surface area contributed by atoms with E-state index < -0.39 is 32.8 Å². The molecule has 3 aromatic rings. The van der Waals surface area contributed by atoms with Gasteiger partial charge in [-0.25, -0.2) is 23.1 Å². The smallest absolute Gasteiger partial charge is 0.326 e. The lowest BCUT2D eigenvalue weighted by Gasteiger charge is -2.10. The van der Waals surface area contributed by atoms with Gasteiger partial charge in [0.05, 0.1) is 22.2 Å². The highest BCUT2D eigenvalue weighted by Crippen LogP contribution is 2.46. The first-order valence-corrected chi connectivity index (χ1v) is 12.8. The third-order valence-corrected chi connectivity index (χ3v) is 7.09. The molecule has 2 N–H and O–H groups in total. The van der Waals surface area contributed by atoms with Crippen LogP contribution in [0.25, 0.3) is 0 Å². The van der Waals surface area contributed by atoms with Crippen molar-refractivity contribution in [2.45, 2.75) is 56.6 Å². The van der Waals surface area contributed by atoms with E-state index in [1.54, 1.807) is 19.9 Å². The first-order chi connectivity index (χ1) is 16.8. The molecule has 14 heteroatoms. The molecule has 0 spiro atoms. The van der Waals surface area contributed by atoms with Crippen molar-refractivity contribution >= 4 is 39.2 Å². The molecule has 1 aliphatic rings. The second-order valence-electron chi connectivity index (χ2n) is 8.45. The Kier molecular flexibility index (Phi) is 6.97. The van der Waals surface area contributed by atoms with E-state index in [-0.39, 0.29) is 29.7 Å². The predicted molar refractivity (Wildman–Crippen MR) is 126 cm³/mol. The zero-order valence-electron chi connectivity index (χ0n) is 19.2. The maximum atomic E-state index is 13.2. The number of anilines is 2. The number of carbonyl (C=O) groups is 1. The maximum Gasteiger partial charge on any atom is 0.436 e. The summed E-state index contributed by atoms with van der Waals surface area (Å²) >= 11 is 5.95. The maximum absolute atomic E-state index is 13.2. The number of hydrogen-bond donors (Lipinski definition) is 2. The summed E-state index contributed by atoms with van der Waals surface area (Å²) in [5.41, 5.74) is 0.678. The Hall–Kier alpha value is -3.19. The van der Waals surface area contributed by atoms with Gasteiger partial charge in [0, 0.05) is 29.4 Å². The van der Waals surface area contributed by atoms with Gasteiger partial charge in [0.15, 0.2) is 5.69 Å². The molecule has 1 amide bonds. The van der Waals surface area contributed by atoms with Gasteiger partial charge in [-0.15, -0.1) is 0 Å². The van der Waals surface area contributed by atoms with Crippen molar-refractivity contribution in [3.63, 3.8) is 0 Å². The summed E-state index contributed by atoms with van der Waals surface area (Å²) in [6.07, 6.45) is -3.40. The number of carbonyl (C=O) groups excluding carboxylic acids is 1. The van der Waals surface area contributed by atoms with Crippen LogP contribution >= 0.6 is 11.6 Å². The van der Waals surface area contributed by atoms with Crippen molar-refractivity contribution < 1.29 is 26.4 Å². The van der Waals surface area contributed by atoms with Crippen LogP contribution in [0.2, 0.25) is 5.02 Å². The fourth-order valence-electron chi connectivity index (χ4n) is 3.65. The number of amides is 1. The topological polar surface area (TPSA) is 119 Å². The fraction of sp³-hybridized carbons (Fsp3) is 0.364. The summed E-state index contributed by atoms with van der Waals surface area (Å²) in [6.45, 7) is 3.35. The highest BCUT2D eigenvalue weighted by molar-refractivity contribution is 7.92. The average Bonchev–Trinajstić information content (AvgIpc) is 3.53. The summed E-state index contributed by atoms with van der Waals surface area (Å²) in [5.74, 6) is -0.626. The Balaban J connectivity index is 1.39. The van der Waals surface area contributed by atoms with E-state index in [2.05, 4.69) is 25.1 Å². The zero-order valence-corrected chi connectivity index (χ0v) is 20.8. The molecular formula is C22H22ClF3N6O3S. The Bertz CT molecular complexity index is 1380. The summed E-state index contributed by atoms with van der Waals surface area (Å²) in [6, 6.07) is 7.11. The Morgan fingerprint density at radius 2 is 1.75 bits per heavy atom. The molecule has 0 unspecified atom stereocenters. The number of nitrogens with one attached hydrogen (secondary N) is 2. The third-order valence-electron chi connectivity index (χ3n) is 5.37. The summed E-state index contributed by atoms with van der Waals surface area (Å²) < 4.78 is 68.3. The number of benzene rings is 1. The molecule has 1 saturated carbocycles. The van der Waals surface area contributed by atoms with E-state index in [0.29, 0.717) is 35.6 Å². The van der Waals surface area contributed by atoms with Crippen LogP contribution in [0.4, 0.5) is 24.8 Å². The number of aryl methyl sites for hydroxylation is 3. The van der Waals surface area contributed by atoms with Crippen molar-refractivity contribution in [1.82, 2.24) is 19.7 Å². The molecule has 0 saturated heterocycles. The number of rotatable bonds is 8. The molecule has 1 aliphatic carbocycles. The van der Waals surface area contributed by atoms with Gasteiger partial charge in [-0.1, -0.05) is 11.6 Å². The summed E-state index contributed by atoms with van der Waals surface area (Å²) in [4.78, 5) is 20.4. The minimum atomic E-state index is -4.69. The van der Waals surface area contributed by atoms with Crippen LogP contribution < -0.4 is 10.0 Å². The van der Waals surface area contributed by atoms with Crippen LogP contribution in [0.3, 0.4) is 0 Å². The number of halogens is 4. The van der Waals surface area contributed by atoms with Gasteiger partial charge in [-0.05, 0) is 57.0 Å². The van der Waals surface area contributed by atoms with Crippen LogP contribution in [0.1, 0.15) is 48.0 Å². The highest BCUT2D eigenvalue weighted by Gasteiger charge is 2.42. The molecule has 0 atom stereocenters. The van der Waals surface area contributed by atoms with Gasteiger partial charge in [0.25, 0.3) is 10.0 Å². The number of sulfonamides is 1. The van der Waals surface area contributed by atoms with Crippen molar-refractivity contribution in [2.24, 2.45) is 0 Å². The van der Waals surface area contributed by atoms with Gasteiger partial charge in [0.1, 0.15) is 0 Å². The number of hydrogen-bond acceptors (Lipinski definition) is 6. The standard InChI is InChI=1S/C22H22ClF3N6O3S/c1-12-11-13(2)28-21(27-12)31-36(34,35)16-7-5-15(6-8-16)29-17(33)9-10-32-19(14-3-4-14)18(23)20(30-32)22(24,25)26/h5-8,11,14H,3-4,9-10H2,1-2H3,(H,29,33)(H,27,28,31). The van der Waals surface area contributed by atoms with Gasteiger partial charge in [-0.2, -0.15) is 18.3 Å². The number of aromatic nitrogens is 4. The average molecular weight is 543 g/mol. The van der Waals surface area contributed by atoms with Gasteiger partial charge in [0.2, 0.25) is 11.9 Å². The molecule has 1 fully saturated rings. The molecule has 0 aliphatic heterocycles. The van der Waals surface area contributed by atoms with E-state index in [1.807, 2.05) is 0 Å². The third kappa shape index (κ3) is 5.95. The van der Waals surface area contributed by atoms with Crippen LogP contribution in [-0.2, 0) is 27.5 Å². The number of alkyl halides is 3. The minimum Gasteiger partial charge on any atom is -0.326 e. The molecule has 2 aromatic heterocycles. The highest BCUT2D eigenvalue weighted by atomic mass is 35.5. The van der Waals surface area contributed by atoms with Crippen molar-refractivity contribution in [2.75, 3.05) is 10.0 Å². The lowest BCUT2D eigenvalue weighted by molar-refractivity contribution is -0.141. The first-order valence-electron chi connectivity index (χ1n) is 10.9. The molecule has 36 heavy (non-hydrogen) atoms. The predicted octanol–water partition coefficient (Wildman–Crippen LogP) is 4.67. The fourth-order valence-corrected chi connectivity index (χ4v) is 4.99. The quantitative estimate of drug-likeness (QED) is 0.427. The molecule has 0 radical (unpaired) electrons. The second kappa shape index (κ2) is 9.69. The van der Waals surface area contributed by atoms with Gasteiger partial charge >= 0.3 is 6.18 Å². The molecule has 9 nitrogen and oxygen atoms in total. The molecule has 1 aromatic carbocycles. The SMILES string of the molecule is Cc1cc(C)nc(NS(=O)(=O)c2ccc(NC(=O)CCn3nc(C(F)(F)F)c(Cl)c3C3CC3)cc2)n1. The van der Waals surface area contributed by atoms with Crippen molar-refractivity contribution in [3.8, 4) is 0 Å². The zero-order chi connectivity index (χ0) is 26.3. The van der Waals surface area contributed by atoms with E-state index in [0.717, 1.165) is 4.68 Å². The Morgan fingerprint density at radius 1 is 1.14 bits per heavy atom. The lowest BCUT2D eigenvalue weighted by atomic mass is 10.2. The van der Waals surface area contributed by atoms with E-state index in [4.69, 9.17) is 11.6 Å². The summed E-state index contributed by atoms with van der Waals surface area (Å²) in [7, 11) is -3.96. The van der Waals surface area contributed by atoms with Crippen LogP contribution in [-0.4, -0.2) is 34.1 Å². The van der Waals surface area contributed by atoms with E-state index >= 15 is 0 Å². The van der Waals surface area contributed by atoms with Gasteiger partial charge in [-0.3, -0.25) is 9.48 Å². The van der Waals surface area contributed by atoms with Gasteiger partial charge < -0.3 is 5.32 Å². The van der Waals surface area contributed by atoms with Crippen LogP contribution in [0.5, 0.6) is 0 Å². The normalized spacial score (nSPS) is 14.1. The second-order valence-corrected chi connectivity index (χ2v) is 10.5. The van der Waals surface area contributed by atoms with Crippen LogP contribution in [0.15, 0.2) is 35.2 Å². The monoisotopic (exact) mass is 542 g/mol. The van der Waals surface area contributed by atoms with Crippen molar-refractivity contribution in [3.05, 3.63) is 58.1 Å². The largest absolute Gasteiger partial charge is 0.436 e. The Morgan fingerprint density at radius 3 is 2.31 bits per heavy atom. The van der Waals surface area contributed by atoms with Crippen LogP contribution in [0, 0.1) is 13.8 Å². The first kappa shape index (κ1) is 25.9. The molecule has 192 valence electrons.